The summed E-state index contributed by atoms with van der Waals surface area (Å²) in [6, 6.07) is 12.7. The average molecular weight is 303 g/mol. The van der Waals surface area contributed by atoms with Crippen LogP contribution >= 0.6 is 0 Å². The maximum Gasteiger partial charge on any atom is 0.255 e. The summed E-state index contributed by atoms with van der Waals surface area (Å²) >= 11 is 0. The van der Waals surface area contributed by atoms with Crippen LogP contribution in [0.4, 0.5) is 11.5 Å². The van der Waals surface area contributed by atoms with Gasteiger partial charge in [0.1, 0.15) is 5.82 Å². The lowest BCUT2D eigenvalue weighted by molar-refractivity contribution is 0.609. The predicted molar refractivity (Wildman–Crippen MR) is 86.6 cm³/mol. The quantitative estimate of drug-likeness (QED) is 0.922. The number of anilines is 2. The molecule has 5 nitrogen and oxygen atoms in total. The van der Waals surface area contributed by atoms with Crippen LogP contribution in [-0.4, -0.2) is 27.5 Å². The Labute approximate surface area is 125 Å². The Morgan fingerprint density at radius 3 is 2.38 bits per heavy atom. The summed E-state index contributed by atoms with van der Waals surface area (Å²) in [4.78, 5) is 6.00. The van der Waals surface area contributed by atoms with Crippen molar-refractivity contribution in [2.24, 2.45) is 0 Å². The first kappa shape index (κ1) is 15.1. The third-order valence-electron chi connectivity index (χ3n) is 2.71. The Morgan fingerprint density at radius 2 is 1.81 bits per heavy atom. The number of hydrogen-bond acceptors (Lipinski definition) is 4. The maximum atomic E-state index is 12.0. The van der Waals surface area contributed by atoms with E-state index in [1.54, 1.807) is 18.2 Å². The molecule has 0 aliphatic rings. The van der Waals surface area contributed by atoms with Crippen molar-refractivity contribution in [1.29, 1.82) is 0 Å². The molecule has 0 atom stereocenters. The van der Waals surface area contributed by atoms with Gasteiger partial charge in [-0.05, 0) is 23.8 Å². The van der Waals surface area contributed by atoms with Crippen LogP contribution in [0.3, 0.4) is 0 Å². The average Bonchev–Trinajstić information content (AvgIpc) is 2.46. The standard InChI is InChI=1S/C15H17N3O2S/c1-18(2)15-9-8-14(12-16-15)17-21(19,20)11-10-13-6-4-3-5-7-13/h3-12,17H,1-2H3/b11-10-. The van der Waals surface area contributed by atoms with E-state index in [1.807, 2.05) is 49.3 Å². The summed E-state index contributed by atoms with van der Waals surface area (Å²) in [6.45, 7) is 0. The Bertz CT molecular complexity index is 708. The zero-order chi connectivity index (χ0) is 15.3. The summed E-state index contributed by atoms with van der Waals surface area (Å²) in [5.74, 6) is 0.762. The van der Waals surface area contributed by atoms with Crippen molar-refractivity contribution >= 4 is 27.6 Å². The molecular weight excluding hydrogens is 286 g/mol. The molecule has 0 spiro atoms. The SMILES string of the molecule is CN(C)c1ccc(NS(=O)(=O)/C=C\c2ccccc2)cn1. The van der Waals surface area contributed by atoms with Crippen LogP contribution in [0.5, 0.6) is 0 Å². The van der Waals surface area contributed by atoms with Crippen LogP contribution < -0.4 is 9.62 Å². The molecule has 110 valence electrons. The molecule has 0 bridgehead atoms. The summed E-state index contributed by atoms with van der Waals surface area (Å²) < 4.78 is 26.4. The highest BCUT2D eigenvalue weighted by Crippen LogP contribution is 2.14. The van der Waals surface area contributed by atoms with E-state index < -0.39 is 10.0 Å². The minimum atomic E-state index is -3.55. The molecule has 6 heteroatoms. The van der Waals surface area contributed by atoms with Gasteiger partial charge in [-0.1, -0.05) is 30.3 Å². The molecule has 0 radical (unpaired) electrons. The number of pyridine rings is 1. The van der Waals surface area contributed by atoms with Gasteiger partial charge in [-0.2, -0.15) is 0 Å². The second-order valence-corrected chi connectivity index (χ2v) is 6.23. The number of nitrogens with zero attached hydrogens (tertiary/aromatic N) is 2. The second-order valence-electron chi connectivity index (χ2n) is 4.66. The van der Waals surface area contributed by atoms with Gasteiger partial charge in [-0.25, -0.2) is 13.4 Å². The molecule has 0 amide bonds. The zero-order valence-electron chi connectivity index (χ0n) is 11.9. The monoisotopic (exact) mass is 303 g/mol. The van der Waals surface area contributed by atoms with E-state index in [9.17, 15) is 8.42 Å². The number of rotatable bonds is 5. The van der Waals surface area contributed by atoms with Gasteiger partial charge in [0.05, 0.1) is 17.3 Å². The van der Waals surface area contributed by atoms with Gasteiger partial charge in [-0.3, -0.25) is 4.72 Å². The number of aromatic nitrogens is 1. The molecule has 1 aromatic carbocycles. The van der Waals surface area contributed by atoms with Crippen molar-refractivity contribution < 1.29 is 8.42 Å². The summed E-state index contributed by atoms with van der Waals surface area (Å²) in [6.07, 6.45) is 3.03. The normalized spacial score (nSPS) is 11.5. The predicted octanol–water partition coefficient (Wildman–Crippen LogP) is 2.56. The van der Waals surface area contributed by atoms with E-state index in [4.69, 9.17) is 0 Å². The molecule has 0 aliphatic carbocycles. The summed E-state index contributed by atoms with van der Waals surface area (Å²) in [5.41, 5.74) is 1.25. The van der Waals surface area contributed by atoms with E-state index in [1.165, 1.54) is 6.20 Å². The van der Waals surface area contributed by atoms with Gasteiger partial charge in [0.25, 0.3) is 10.0 Å². The van der Waals surface area contributed by atoms with Crippen molar-refractivity contribution in [1.82, 2.24) is 4.98 Å². The van der Waals surface area contributed by atoms with Crippen molar-refractivity contribution in [3.05, 3.63) is 59.6 Å². The smallest absolute Gasteiger partial charge is 0.255 e. The van der Waals surface area contributed by atoms with E-state index in [0.717, 1.165) is 16.8 Å². The molecule has 0 saturated heterocycles. The molecule has 1 heterocycles. The first-order valence-electron chi connectivity index (χ1n) is 6.36. The lowest BCUT2D eigenvalue weighted by Crippen LogP contribution is -2.12. The molecule has 0 saturated carbocycles. The largest absolute Gasteiger partial charge is 0.363 e. The fraction of sp³-hybridized carbons (Fsp3) is 0.133. The van der Waals surface area contributed by atoms with Gasteiger partial charge < -0.3 is 4.90 Å². The van der Waals surface area contributed by atoms with Gasteiger partial charge in [0.15, 0.2) is 0 Å². The number of benzene rings is 1. The van der Waals surface area contributed by atoms with Crippen molar-refractivity contribution in [2.75, 3.05) is 23.7 Å². The van der Waals surface area contributed by atoms with Crippen molar-refractivity contribution in [3.63, 3.8) is 0 Å². The first-order valence-corrected chi connectivity index (χ1v) is 7.90. The minimum absolute atomic E-state index is 0.429. The van der Waals surface area contributed by atoms with E-state index in [0.29, 0.717) is 5.69 Å². The second kappa shape index (κ2) is 6.41. The summed E-state index contributed by atoms with van der Waals surface area (Å²) in [7, 11) is 0.190. The van der Waals surface area contributed by atoms with Gasteiger partial charge >= 0.3 is 0 Å². The van der Waals surface area contributed by atoms with Crippen LogP contribution in [0.25, 0.3) is 6.08 Å². The van der Waals surface area contributed by atoms with Crippen LogP contribution in [0.1, 0.15) is 5.56 Å². The molecule has 2 rings (SSSR count). The third-order valence-corrected chi connectivity index (χ3v) is 3.72. The van der Waals surface area contributed by atoms with E-state index >= 15 is 0 Å². The zero-order valence-corrected chi connectivity index (χ0v) is 12.7. The highest BCUT2D eigenvalue weighted by atomic mass is 32.2. The van der Waals surface area contributed by atoms with Crippen molar-refractivity contribution in [3.8, 4) is 0 Å². The molecule has 0 unspecified atom stereocenters. The van der Waals surface area contributed by atoms with Gasteiger partial charge in [0.2, 0.25) is 0 Å². The third kappa shape index (κ3) is 4.61. The van der Waals surface area contributed by atoms with Crippen molar-refractivity contribution in [2.45, 2.75) is 0 Å². The fourth-order valence-corrected chi connectivity index (χ4v) is 2.50. The Hall–Kier alpha value is -2.34. The molecule has 0 fully saturated rings. The summed E-state index contributed by atoms with van der Waals surface area (Å²) in [5, 5.41) is 1.14. The molecule has 1 aromatic heterocycles. The molecule has 21 heavy (non-hydrogen) atoms. The molecular formula is C15H17N3O2S. The number of nitrogens with one attached hydrogen (secondary N) is 1. The topological polar surface area (TPSA) is 62.3 Å². The number of hydrogen-bond donors (Lipinski definition) is 1. The Kier molecular flexibility index (Phi) is 4.59. The van der Waals surface area contributed by atoms with Crippen LogP contribution in [0.2, 0.25) is 0 Å². The van der Waals surface area contributed by atoms with E-state index in [-0.39, 0.29) is 0 Å². The molecule has 1 N–H and O–H groups in total. The fourth-order valence-electron chi connectivity index (χ4n) is 1.64. The molecule has 2 aromatic rings. The van der Waals surface area contributed by atoms with Crippen LogP contribution in [0, 0.1) is 0 Å². The lowest BCUT2D eigenvalue weighted by Gasteiger charge is -2.11. The van der Waals surface area contributed by atoms with Gasteiger partial charge in [-0.15, -0.1) is 0 Å². The first-order chi connectivity index (χ1) is 9.96. The highest BCUT2D eigenvalue weighted by Gasteiger charge is 2.06. The highest BCUT2D eigenvalue weighted by molar-refractivity contribution is 7.95. The van der Waals surface area contributed by atoms with Crippen LogP contribution in [0.15, 0.2) is 54.1 Å². The maximum absolute atomic E-state index is 12.0. The minimum Gasteiger partial charge on any atom is -0.363 e. The van der Waals surface area contributed by atoms with E-state index in [2.05, 4.69) is 9.71 Å². The Balaban J connectivity index is 2.09. The molecule has 0 aliphatic heterocycles. The van der Waals surface area contributed by atoms with Gasteiger partial charge in [0, 0.05) is 14.1 Å². The Morgan fingerprint density at radius 1 is 1.10 bits per heavy atom. The van der Waals surface area contributed by atoms with Crippen LogP contribution in [-0.2, 0) is 10.0 Å². The lowest BCUT2D eigenvalue weighted by atomic mass is 10.2. The number of sulfonamides is 1.